The number of amides is 2. The molecular weight excluding hydrogens is 364 g/mol. The first-order chi connectivity index (χ1) is 13.3. The van der Waals surface area contributed by atoms with Gasteiger partial charge in [-0.25, -0.2) is 4.79 Å². The fourth-order valence-corrected chi connectivity index (χ4v) is 3.45. The van der Waals surface area contributed by atoms with Gasteiger partial charge in [0.05, 0.1) is 13.7 Å². The van der Waals surface area contributed by atoms with Crippen LogP contribution in [-0.4, -0.2) is 76.5 Å². The number of aromatic nitrogens is 2. The summed E-state index contributed by atoms with van der Waals surface area (Å²) >= 11 is 0. The van der Waals surface area contributed by atoms with E-state index in [0.29, 0.717) is 44.2 Å². The van der Waals surface area contributed by atoms with Gasteiger partial charge in [0.15, 0.2) is 0 Å². The summed E-state index contributed by atoms with van der Waals surface area (Å²) in [6.45, 7) is 7.06. The molecule has 1 aromatic rings. The van der Waals surface area contributed by atoms with Crippen molar-refractivity contribution in [1.29, 1.82) is 0 Å². The van der Waals surface area contributed by atoms with Crippen LogP contribution in [0.15, 0.2) is 12.1 Å². The Morgan fingerprint density at radius 2 is 1.82 bits per heavy atom. The molecule has 9 nitrogen and oxygen atoms in total. The van der Waals surface area contributed by atoms with Crippen LogP contribution in [0.1, 0.15) is 40.0 Å². The van der Waals surface area contributed by atoms with E-state index in [1.165, 1.54) is 7.11 Å². The van der Waals surface area contributed by atoms with Gasteiger partial charge < -0.3 is 19.1 Å². The van der Waals surface area contributed by atoms with Gasteiger partial charge in [-0.2, -0.15) is 0 Å². The molecule has 2 aliphatic heterocycles. The average molecular weight is 392 g/mol. The van der Waals surface area contributed by atoms with Gasteiger partial charge in [0.2, 0.25) is 17.7 Å². The predicted octanol–water partition coefficient (Wildman–Crippen LogP) is 1.86. The first-order valence-corrected chi connectivity index (χ1v) is 9.59. The molecule has 2 fully saturated rings. The second-order valence-electron chi connectivity index (χ2n) is 8.06. The topological polar surface area (TPSA) is 94.1 Å². The second kappa shape index (κ2) is 8.20. The Morgan fingerprint density at radius 1 is 1.11 bits per heavy atom. The van der Waals surface area contributed by atoms with Crippen molar-refractivity contribution < 1.29 is 23.8 Å². The number of methoxy groups -OCH3 is 1. The quantitative estimate of drug-likeness (QED) is 0.772. The van der Waals surface area contributed by atoms with E-state index in [2.05, 4.69) is 10.2 Å². The zero-order chi connectivity index (χ0) is 20.3. The average Bonchev–Trinajstić information content (AvgIpc) is 3.30. The highest BCUT2D eigenvalue weighted by Crippen LogP contribution is 2.25. The van der Waals surface area contributed by atoms with Gasteiger partial charge in [-0.05, 0) is 33.6 Å². The number of hydrogen-bond acceptors (Lipinski definition) is 7. The van der Waals surface area contributed by atoms with E-state index in [0.717, 1.165) is 6.42 Å². The molecule has 0 spiro atoms. The van der Waals surface area contributed by atoms with E-state index in [1.807, 2.05) is 20.8 Å². The van der Waals surface area contributed by atoms with Crippen molar-refractivity contribution in [3.05, 3.63) is 12.1 Å². The van der Waals surface area contributed by atoms with Crippen molar-refractivity contribution in [2.75, 3.05) is 26.7 Å². The first kappa shape index (κ1) is 20.2. The second-order valence-corrected chi connectivity index (χ2v) is 8.06. The van der Waals surface area contributed by atoms with Crippen LogP contribution in [0, 0.1) is 0 Å². The molecule has 0 radical (unpaired) electrons. The van der Waals surface area contributed by atoms with E-state index in [-0.39, 0.29) is 12.0 Å². The molecule has 2 saturated heterocycles. The maximum absolute atomic E-state index is 13.0. The molecule has 2 atom stereocenters. The monoisotopic (exact) mass is 392 g/mol. The van der Waals surface area contributed by atoms with Crippen LogP contribution in [0.3, 0.4) is 0 Å². The lowest BCUT2D eigenvalue weighted by Gasteiger charge is -2.30. The summed E-state index contributed by atoms with van der Waals surface area (Å²) in [6, 6.07) is 2.91. The minimum Gasteiger partial charge on any atom is -0.480 e. The molecule has 2 aliphatic rings. The van der Waals surface area contributed by atoms with Gasteiger partial charge >= 0.3 is 6.09 Å². The zero-order valence-corrected chi connectivity index (χ0v) is 16.9. The molecule has 0 saturated carbocycles. The van der Waals surface area contributed by atoms with E-state index in [1.54, 1.807) is 21.9 Å². The standard InChI is InChI=1S/C19H28N4O5/c1-19(2,3)28-18(25)23-10-5-6-14(23)17(24)22-11-9-13(12-22)27-16-8-7-15(26-4)20-21-16/h7-8,13-14H,5-6,9-12H2,1-4H3. The molecule has 0 aromatic carbocycles. The smallest absolute Gasteiger partial charge is 0.410 e. The van der Waals surface area contributed by atoms with Crippen molar-refractivity contribution >= 4 is 12.0 Å². The van der Waals surface area contributed by atoms with Crippen LogP contribution >= 0.6 is 0 Å². The lowest BCUT2D eigenvalue weighted by molar-refractivity contribution is -0.135. The minimum atomic E-state index is -0.584. The molecule has 1 aromatic heterocycles. The summed E-state index contributed by atoms with van der Waals surface area (Å²) in [5.41, 5.74) is -0.584. The number of nitrogens with zero attached hydrogens (tertiary/aromatic N) is 4. The van der Waals surface area contributed by atoms with E-state index in [9.17, 15) is 9.59 Å². The van der Waals surface area contributed by atoms with Crippen LogP contribution in [0.4, 0.5) is 4.79 Å². The molecule has 0 N–H and O–H groups in total. The minimum absolute atomic E-state index is 0.0460. The third kappa shape index (κ3) is 4.82. The lowest BCUT2D eigenvalue weighted by atomic mass is 10.2. The largest absolute Gasteiger partial charge is 0.480 e. The number of rotatable bonds is 4. The molecular formula is C19H28N4O5. The normalized spacial score (nSPS) is 22.3. The van der Waals surface area contributed by atoms with Gasteiger partial charge in [0.25, 0.3) is 0 Å². The van der Waals surface area contributed by atoms with Crippen LogP contribution in [0.2, 0.25) is 0 Å². The first-order valence-electron chi connectivity index (χ1n) is 9.59. The number of hydrogen-bond donors (Lipinski definition) is 0. The van der Waals surface area contributed by atoms with E-state index >= 15 is 0 Å². The number of ether oxygens (including phenoxy) is 3. The molecule has 0 aliphatic carbocycles. The molecule has 0 bridgehead atoms. The Kier molecular flexibility index (Phi) is 5.90. The SMILES string of the molecule is COc1ccc(OC2CCN(C(=O)C3CCCN3C(=O)OC(C)(C)C)C2)nn1. The highest BCUT2D eigenvalue weighted by molar-refractivity contribution is 5.86. The van der Waals surface area contributed by atoms with Gasteiger partial charge in [0.1, 0.15) is 17.7 Å². The summed E-state index contributed by atoms with van der Waals surface area (Å²) in [7, 11) is 1.52. The Balaban J connectivity index is 1.56. The van der Waals surface area contributed by atoms with E-state index in [4.69, 9.17) is 14.2 Å². The lowest BCUT2D eigenvalue weighted by Crippen LogP contribution is -2.48. The Labute approximate surface area is 164 Å². The summed E-state index contributed by atoms with van der Waals surface area (Å²) in [6.07, 6.45) is 1.58. The molecule has 3 rings (SSSR count). The van der Waals surface area contributed by atoms with Crippen LogP contribution < -0.4 is 9.47 Å². The molecule has 2 amide bonds. The van der Waals surface area contributed by atoms with Crippen molar-refractivity contribution in [3.63, 3.8) is 0 Å². The van der Waals surface area contributed by atoms with E-state index < -0.39 is 17.7 Å². The molecule has 28 heavy (non-hydrogen) atoms. The Hall–Kier alpha value is -2.58. The van der Waals surface area contributed by atoms with Crippen molar-refractivity contribution in [3.8, 4) is 11.8 Å². The summed E-state index contributed by atoms with van der Waals surface area (Å²) < 4.78 is 16.3. The zero-order valence-electron chi connectivity index (χ0n) is 16.9. The van der Waals surface area contributed by atoms with Crippen LogP contribution in [0.5, 0.6) is 11.8 Å². The van der Waals surface area contributed by atoms with Gasteiger partial charge in [-0.3, -0.25) is 9.69 Å². The molecule has 3 heterocycles. The Morgan fingerprint density at radius 3 is 2.46 bits per heavy atom. The molecule has 154 valence electrons. The third-order valence-corrected chi connectivity index (χ3v) is 4.73. The molecule has 9 heteroatoms. The summed E-state index contributed by atoms with van der Waals surface area (Å²) in [5, 5.41) is 7.84. The van der Waals surface area contributed by atoms with Crippen molar-refractivity contribution in [2.24, 2.45) is 0 Å². The summed E-state index contributed by atoms with van der Waals surface area (Å²) in [4.78, 5) is 28.7. The van der Waals surface area contributed by atoms with Crippen LogP contribution in [0.25, 0.3) is 0 Å². The van der Waals surface area contributed by atoms with Crippen molar-refractivity contribution in [2.45, 2.75) is 57.8 Å². The van der Waals surface area contributed by atoms with Crippen molar-refractivity contribution in [1.82, 2.24) is 20.0 Å². The van der Waals surface area contributed by atoms with Gasteiger partial charge in [0, 0.05) is 31.6 Å². The number of carbonyl (C=O) groups excluding carboxylic acids is 2. The Bertz CT molecular complexity index is 703. The highest BCUT2D eigenvalue weighted by atomic mass is 16.6. The third-order valence-electron chi connectivity index (χ3n) is 4.73. The van der Waals surface area contributed by atoms with Crippen LogP contribution in [-0.2, 0) is 9.53 Å². The number of likely N-dealkylation sites (tertiary alicyclic amines) is 2. The number of carbonyl (C=O) groups is 2. The van der Waals surface area contributed by atoms with Gasteiger partial charge in [-0.1, -0.05) is 0 Å². The van der Waals surface area contributed by atoms with Gasteiger partial charge in [-0.15, -0.1) is 10.2 Å². The summed E-state index contributed by atoms with van der Waals surface area (Å²) in [5.74, 6) is 0.769. The molecule has 2 unspecified atom stereocenters. The highest BCUT2D eigenvalue weighted by Gasteiger charge is 2.40. The fraction of sp³-hybridized carbons (Fsp3) is 0.684. The fourth-order valence-electron chi connectivity index (χ4n) is 3.45. The maximum Gasteiger partial charge on any atom is 0.410 e. The maximum atomic E-state index is 13.0. The predicted molar refractivity (Wildman–Crippen MR) is 100 cm³/mol.